The predicted molar refractivity (Wildman–Crippen MR) is 113 cm³/mol. The van der Waals surface area contributed by atoms with E-state index < -0.39 is 0 Å². The van der Waals surface area contributed by atoms with Gasteiger partial charge in [-0.25, -0.2) is 4.79 Å². The van der Waals surface area contributed by atoms with Gasteiger partial charge in [0.2, 0.25) is 0 Å². The first-order valence-electron chi connectivity index (χ1n) is 10.2. The summed E-state index contributed by atoms with van der Waals surface area (Å²) in [5, 5.41) is 15.2. The molecule has 3 N–H and O–H groups in total. The van der Waals surface area contributed by atoms with Gasteiger partial charge in [-0.2, -0.15) is 0 Å². The number of carbonyl (C=O) groups excluding carboxylic acids is 1. The smallest absolute Gasteiger partial charge is 0.319 e. The van der Waals surface area contributed by atoms with Crippen molar-refractivity contribution in [2.24, 2.45) is 0 Å². The van der Waals surface area contributed by atoms with Crippen LogP contribution in [-0.2, 0) is 16.1 Å². The molecule has 1 atom stereocenters. The Labute approximate surface area is 169 Å². The van der Waals surface area contributed by atoms with E-state index in [1.807, 2.05) is 38.1 Å². The number of benzene rings is 1. The quantitative estimate of drug-likeness (QED) is 0.422. The fraction of sp³-hybridized carbons (Fsp3) is 0.667. The van der Waals surface area contributed by atoms with Crippen LogP contribution in [0.4, 0.5) is 10.5 Å². The van der Waals surface area contributed by atoms with E-state index >= 15 is 0 Å². The summed E-state index contributed by atoms with van der Waals surface area (Å²) < 4.78 is 11.0. The lowest BCUT2D eigenvalue weighted by Crippen LogP contribution is -2.42. The average molecular weight is 396 g/mol. The van der Waals surface area contributed by atoms with Crippen molar-refractivity contribution in [3.05, 3.63) is 29.8 Å². The lowest BCUT2D eigenvalue weighted by atomic mass is 10.2. The largest absolute Gasteiger partial charge is 0.394 e. The van der Waals surface area contributed by atoms with Gasteiger partial charge in [-0.3, -0.25) is 0 Å². The van der Waals surface area contributed by atoms with Crippen molar-refractivity contribution < 1.29 is 19.4 Å². The standard InChI is InChI=1S/C21H37N3O4/c1-5-24(6-2)11-10-20(15-25)23-21(26)22-19-9-7-8-18(14-19)16-27-12-13-28-17(3)4/h7-9,14,17,20,25H,5-6,10-13,15-16H2,1-4H3,(H2,22,23,26)/t20-/m0/s1. The number of nitrogens with zero attached hydrogens (tertiary/aromatic N) is 1. The summed E-state index contributed by atoms with van der Waals surface area (Å²) in [5.74, 6) is 0. The molecule has 0 bridgehead atoms. The number of ether oxygens (including phenoxy) is 2. The van der Waals surface area contributed by atoms with Crippen LogP contribution in [0.25, 0.3) is 0 Å². The van der Waals surface area contributed by atoms with Crippen molar-refractivity contribution in [2.75, 3.05) is 44.8 Å². The second-order valence-corrected chi connectivity index (χ2v) is 6.97. The molecule has 0 fully saturated rings. The number of anilines is 1. The van der Waals surface area contributed by atoms with Gasteiger partial charge in [0, 0.05) is 12.2 Å². The van der Waals surface area contributed by atoms with Crippen molar-refractivity contribution in [1.82, 2.24) is 10.2 Å². The summed E-state index contributed by atoms with van der Waals surface area (Å²) in [6.07, 6.45) is 0.905. The minimum Gasteiger partial charge on any atom is -0.394 e. The van der Waals surface area contributed by atoms with Crippen molar-refractivity contribution in [2.45, 2.75) is 52.9 Å². The van der Waals surface area contributed by atoms with E-state index in [0.717, 1.165) is 25.2 Å². The maximum absolute atomic E-state index is 12.2. The van der Waals surface area contributed by atoms with Gasteiger partial charge in [0.15, 0.2) is 0 Å². The molecule has 2 amide bonds. The van der Waals surface area contributed by atoms with Gasteiger partial charge in [-0.05, 0) is 51.1 Å². The molecule has 0 heterocycles. The average Bonchev–Trinajstić information content (AvgIpc) is 2.67. The van der Waals surface area contributed by atoms with Crippen LogP contribution in [0.15, 0.2) is 24.3 Å². The summed E-state index contributed by atoms with van der Waals surface area (Å²) >= 11 is 0. The first-order valence-corrected chi connectivity index (χ1v) is 10.2. The van der Waals surface area contributed by atoms with E-state index in [-0.39, 0.29) is 24.8 Å². The molecule has 0 aliphatic heterocycles. The molecule has 160 valence electrons. The number of carbonyl (C=O) groups is 1. The highest BCUT2D eigenvalue weighted by atomic mass is 16.5. The number of rotatable bonds is 14. The molecule has 0 unspecified atom stereocenters. The highest BCUT2D eigenvalue weighted by Gasteiger charge is 2.13. The maximum atomic E-state index is 12.2. The van der Waals surface area contributed by atoms with E-state index in [2.05, 4.69) is 29.4 Å². The predicted octanol–water partition coefficient (Wildman–Crippen LogP) is 2.84. The number of amides is 2. The Balaban J connectivity index is 2.41. The Morgan fingerprint density at radius 2 is 1.96 bits per heavy atom. The molecule has 28 heavy (non-hydrogen) atoms. The summed E-state index contributed by atoms with van der Waals surface area (Å²) in [6.45, 7) is 12.4. The van der Waals surface area contributed by atoms with Crippen LogP contribution in [-0.4, -0.2) is 67.6 Å². The van der Waals surface area contributed by atoms with E-state index in [0.29, 0.717) is 31.9 Å². The summed E-state index contributed by atoms with van der Waals surface area (Å²) in [4.78, 5) is 14.5. The third kappa shape index (κ3) is 10.6. The molecule has 1 rings (SSSR count). The molecule has 0 saturated heterocycles. The van der Waals surface area contributed by atoms with Gasteiger partial charge in [0.05, 0.1) is 38.6 Å². The monoisotopic (exact) mass is 395 g/mol. The molecule has 0 aliphatic rings. The minimum atomic E-state index is -0.318. The molecule has 0 saturated carbocycles. The first-order chi connectivity index (χ1) is 13.5. The molecule has 0 spiro atoms. The second-order valence-electron chi connectivity index (χ2n) is 6.97. The fourth-order valence-corrected chi connectivity index (χ4v) is 2.71. The zero-order chi connectivity index (χ0) is 20.8. The zero-order valence-corrected chi connectivity index (χ0v) is 17.7. The number of hydrogen-bond acceptors (Lipinski definition) is 5. The molecule has 7 nitrogen and oxygen atoms in total. The molecule has 7 heteroatoms. The molecular formula is C21H37N3O4. The fourth-order valence-electron chi connectivity index (χ4n) is 2.71. The van der Waals surface area contributed by atoms with Crippen LogP contribution < -0.4 is 10.6 Å². The summed E-state index contributed by atoms with van der Waals surface area (Å²) in [7, 11) is 0. The van der Waals surface area contributed by atoms with Gasteiger partial charge in [0.25, 0.3) is 0 Å². The lowest BCUT2D eigenvalue weighted by Gasteiger charge is -2.22. The van der Waals surface area contributed by atoms with Crippen molar-refractivity contribution in [3.63, 3.8) is 0 Å². The number of aliphatic hydroxyl groups excluding tert-OH is 1. The van der Waals surface area contributed by atoms with Gasteiger partial charge in [-0.15, -0.1) is 0 Å². The Hall–Kier alpha value is -1.67. The summed E-state index contributed by atoms with van der Waals surface area (Å²) in [6, 6.07) is 6.95. The molecular weight excluding hydrogens is 358 g/mol. The Bertz CT molecular complexity index is 550. The highest BCUT2D eigenvalue weighted by molar-refractivity contribution is 5.89. The lowest BCUT2D eigenvalue weighted by molar-refractivity contribution is 0.0143. The molecule has 0 aliphatic carbocycles. The normalized spacial score (nSPS) is 12.4. The van der Waals surface area contributed by atoms with Crippen LogP contribution in [0.2, 0.25) is 0 Å². The zero-order valence-electron chi connectivity index (χ0n) is 17.7. The first kappa shape index (κ1) is 24.4. The molecule has 1 aromatic carbocycles. The number of urea groups is 1. The molecule has 0 radical (unpaired) electrons. The van der Waals surface area contributed by atoms with Gasteiger partial charge < -0.3 is 30.1 Å². The Kier molecular flexibility index (Phi) is 12.5. The van der Waals surface area contributed by atoms with E-state index in [1.165, 1.54) is 0 Å². The van der Waals surface area contributed by atoms with E-state index in [1.54, 1.807) is 0 Å². The number of nitrogens with one attached hydrogen (secondary N) is 2. The van der Waals surface area contributed by atoms with Crippen LogP contribution in [0.5, 0.6) is 0 Å². The van der Waals surface area contributed by atoms with Crippen molar-refractivity contribution in [3.8, 4) is 0 Å². The Morgan fingerprint density at radius 3 is 2.61 bits per heavy atom. The second kappa shape index (κ2) is 14.3. The SMILES string of the molecule is CCN(CC)CC[C@@H](CO)NC(=O)Nc1cccc(COCCOC(C)C)c1. The van der Waals surface area contributed by atoms with Crippen LogP contribution in [0, 0.1) is 0 Å². The van der Waals surface area contributed by atoms with E-state index in [4.69, 9.17) is 9.47 Å². The van der Waals surface area contributed by atoms with Crippen LogP contribution in [0.1, 0.15) is 39.7 Å². The van der Waals surface area contributed by atoms with E-state index in [9.17, 15) is 9.90 Å². The third-order valence-corrected chi connectivity index (χ3v) is 4.38. The topological polar surface area (TPSA) is 83.1 Å². The maximum Gasteiger partial charge on any atom is 0.319 e. The molecule has 0 aromatic heterocycles. The van der Waals surface area contributed by atoms with Gasteiger partial charge >= 0.3 is 6.03 Å². The third-order valence-electron chi connectivity index (χ3n) is 4.38. The number of aliphatic hydroxyl groups is 1. The minimum absolute atomic E-state index is 0.0823. The molecule has 1 aromatic rings. The Morgan fingerprint density at radius 1 is 1.21 bits per heavy atom. The van der Waals surface area contributed by atoms with Gasteiger partial charge in [0.1, 0.15) is 0 Å². The van der Waals surface area contributed by atoms with Crippen molar-refractivity contribution in [1.29, 1.82) is 0 Å². The highest BCUT2D eigenvalue weighted by Crippen LogP contribution is 2.12. The van der Waals surface area contributed by atoms with Crippen LogP contribution >= 0.6 is 0 Å². The summed E-state index contributed by atoms with van der Waals surface area (Å²) in [5.41, 5.74) is 1.67. The van der Waals surface area contributed by atoms with Gasteiger partial charge in [-0.1, -0.05) is 26.0 Å². The number of hydrogen-bond donors (Lipinski definition) is 3. The van der Waals surface area contributed by atoms with Crippen LogP contribution in [0.3, 0.4) is 0 Å². The van der Waals surface area contributed by atoms with Crippen molar-refractivity contribution >= 4 is 11.7 Å².